The Balaban J connectivity index is 1.71. The molecule has 0 aliphatic carbocycles. The molecule has 24 heavy (non-hydrogen) atoms. The van der Waals surface area contributed by atoms with Crippen LogP contribution < -0.4 is 10.0 Å². The molecule has 0 saturated carbocycles. The van der Waals surface area contributed by atoms with Crippen LogP contribution in [0.1, 0.15) is 25.3 Å². The highest BCUT2D eigenvalue weighted by Gasteiger charge is 2.31. The van der Waals surface area contributed by atoms with Crippen LogP contribution in [0.4, 0.5) is 0 Å². The highest BCUT2D eigenvalue weighted by atomic mass is 32.2. The molecule has 2 N–H and O–H groups in total. The van der Waals surface area contributed by atoms with Gasteiger partial charge in [0.2, 0.25) is 5.91 Å². The molecule has 2 unspecified atom stereocenters. The summed E-state index contributed by atoms with van der Waals surface area (Å²) >= 11 is 0. The van der Waals surface area contributed by atoms with E-state index >= 15 is 0 Å². The van der Waals surface area contributed by atoms with E-state index in [-0.39, 0.29) is 29.3 Å². The third-order valence-corrected chi connectivity index (χ3v) is 5.85. The van der Waals surface area contributed by atoms with Gasteiger partial charge < -0.3 is 10.2 Å². The summed E-state index contributed by atoms with van der Waals surface area (Å²) in [6.45, 7) is 3.57. The van der Waals surface area contributed by atoms with Crippen molar-refractivity contribution in [3.8, 4) is 0 Å². The summed E-state index contributed by atoms with van der Waals surface area (Å²) in [5.74, 6) is 0.339. The van der Waals surface area contributed by atoms with Crippen molar-refractivity contribution in [2.45, 2.75) is 36.7 Å². The summed E-state index contributed by atoms with van der Waals surface area (Å²) in [7, 11) is -1.73. The van der Waals surface area contributed by atoms with Gasteiger partial charge in [0, 0.05) is 31.6 Å². The lowest BCUT2D eigenvalue weighted by molar-refractivity contribution is -0.131. The number of hydrogen-bond donors (Lipinski definition) is 2. The van der Waals surface area contributed by atoms with Gasteiger partial charge in [0.05, 0.1) is 10.9 Å². The number of carbonyl (C=O) groups excluding carboxylic acids is 1. The summed E-state index contributed by atoms with van der Waals surface area (Å²) < 4.78 is 26.6. The van der Waals surface area contributed by atoms with E-state index in [2.05, 4.69) is 15.0 Å². The van der Waals surface area contributed by atoms with Gasteiger partial charge >= 0.3 is 0 Å². The number of aliphatic imine (C=N–C) groups is 1. The zero-order valence-corrected chi connectivity index (χ0v) is 14.6. The third-order valence-electron chi connectivity index (χ3n) is 4.46. The van der Waals surface area contributed by atoms with Crippen LogP contribution in [0.5, 0.6) is 0 Å². The molecule has 1 aromatic rings. The third kappa shape index (κ3) is 3.29. The molecule has 1 saturated heterocycles. The lowest BCUT2D eigenvalue weighted by Crippen LogP contribution is -2.39. The molecule has 3 rings (SSSR count). The van der Waals surface area contributed by atoms with Crippen LogP contribution in [0.15, 0.2) is 34.2 Å². The molecule has 8 heteroatoms. The van der Waals surface area contributed by atoms with Gasteiger partial charge in [-0.1, -0.05) is 12.1 Å². The number of hydrogen-bond acceptors (Lipinski definition) is 5. The number of likely N-dealkylation sites (N-methyl/N-ethyl adjacent to an activating group) is 1. The molecule has 7 nitrogen and oxygen atoms in total. The summed E-state index contributed by atoms with van der Waals surface area (Å²) in [4.78, 5) is 18.8. The van der Waals surface area contributed by atoms with E-state index in [9.17, 15) is 13.2 Å². The van der Waals surface area contributed by atoms with Crippen LogP contribution in [0.2, 0.25) is 0 Å². The summed E-state index contributed by atoms with van der Waals surface area (Å²) in [6, 6.07) is 6.64. The fraction of sp³-hybridized carbons (Fsp3) is 0.500. The maximum atomic E-state index is 12.4. The second-order valence-electron chi connectivity index (χ2n) is 6.28. The molecule has 1 fully saturated rings. The van der Waals surface area contributed by atoms with Crippen LogP contribution in [-0.4, -0.2) is 57.3 Å². The molecule has 2 atom stereocenters. The van der Waals surface area contributed by atoms with Gasteiger partial charge in [0.1, 0.15) is 5.84 Å². The van der Waals surface area contributed by atoms with Crippen LogP contribution >= 0.6 is 0 Å². The largest absolute Gasteiger partial charge is 0.341 e. The Bertz CT molecular complexity index is 769. The molecule has 0 aromatic heterocycles. The highest BCUT2D eigenvalue weighted by molar-refractivity contribution is 7.90. The van der Waals surface area contributed by atoms with E-state index in [4.69, 9.17) is 0 Å². The number of amidine groups is 1. The van der Waals surface area contributed by atoms with Crippen LogP contribution in [0.25, 0.3) is 0 Å². The van der Waals surface area contributed by atoms with Gasteiger partial charge in [-0.25, -0.2) is 8.42 Å². The number of amides is 1. The van der Waals surface area contributed by atoms with Gasteiger partial charge in [-0.2, -0.15) is 0 Å². The molecule has 1 amide bonds. The topological polar surface area (TPSA) is 90.9 Å². The Hall–Kier alpha value is -1.93. The zero-order valence-electron chi connectivity index (χ0n) is 13.8. The van der Waals surface area contributed by atoms with Crippen molar-refractivity contribution >= 4 is 21.8 Å². The Labute approximate surface area is 142 Å². The maximum absolute atomic E-state index is 12.4. The minimum Gasteiger partial charge on any atom is -0.341 e. The average molecular weight is 350 g/mol. The molecule has 0 spiro atoms. The zero-order chi connectivity index (χ0) is 17.3. The van der Waals surface area contributed by atoms with E-state index in [1.807, 2.05) is 14.0 Å². The van der Waals surface area contributed by atoms with Crippen molar-refractivity contribution < 1.29 is 13.2 Å². The van der Waals surface area contributed by atoms with Crippen LogP contribution in [0.3, 0.4) is 0 Å². The van der Waals surface area contributed by atoms with E-state index in [0.29, 0.717) is 11.4 Å². The molecule has 2 aliphatic rings. The van der Waals surface area contributed by atoms with E-state index in [1.54, 1.807) is 29.2 Å². The number of fused-ring (bicyclic) bond motifs is 1. The fourth-order valence-corrected chi connectivity index (χ4v) is 4.31. The second kappa shape index (κ2) is 6.52. The number of rotatable bonds is 4. The van der Waals surface area contributed by atoms with E-state index < -0.39 is 10.0 Å². The minimum atomic E-state index is -3.54. The first-order valence-corrected chi connectivity index (χ1v) is 9.53. The maximum Gasteiger partial charge on any atom is 0.263 e. The number of nitrogens with zero attached hydrogens (tertiary/aromatic N) is 2. The van der Waals surface area contributed by atoms with Gasteiger partial charge in [0.15, 0.2) is 0 Å². The molecule has 0 bridgehead atoms. The molecule has 0 radical (unpaired) electrons. The Morgan fingerprint density at radius 3 is 2.88 bits per heavy atom. The normalized spacial score (nSPS) is 24.4. The van der Waals surface area contributed by atoms with E-state index in [1.165, 1.54) is 0 Å². The van der Waals surface area contributed by atoms with E-state index in [0.717, 1.165) is 19.5 Å². The average Bonchev–Trinajstić information content (AvgIpc) is 3.14. The quantitative estimate of drug-likeness (QED) is 0.818. The number of sulfonamides is 1. The van der Waals surface area contributed by atoms with Crippen molar-refractivity contribution in [2.75, 3.05) is 20.1 Å². The molecule has 2 aliphatic heterocycles. The first kappa shape index (κ1) is 16.9. The van der Waals surface area contributed by atoms with Crippen molar-refractivity contribution in [3.05, 3.63) is 29.8 Å². The molecular weight excluding hydrogens is 328 g/mol. The van der Waals surface area contributed by atoms with Crippen LogP contribution in [-0.2, 0) is 14.8 Å². The lowest BCUT2D eigenvalue weighted by atomic mass is 10.1. The van der Waals surface area contributed by atoms with Crippen molar-refractivity contribution in [2.24, 2.45) is 4.99 Å². The fourth-order valence-electron chi connectivity index (χ4n) is 3.07. The Morgan fingerprint density at radius 1 is 1.42 bits per heavy atom. The number of carbonyl (C=O) groups is 1. The van der Waals surface area contributed by atoms with Gasteiger partial charge in [-0.3, -0.25) is 14.5 Å². The second-order valence-corrected chi connectivity index (χ2v) is 7.93. The van der Waals surface area contributed by atoms with Crippen molar-refractivity contribution in [1.82, 2.24) is 14.9 Å². The molecule has 2 heterocycles. The monoisotopic (exact) mass is 350 g/mol. The molecule has 130 valence electrons. The predicted molar refractivity (Wildman–Crippen MR) is 91.4 cm³/mol. The minimum absolute atomic E-state index is 0.0229. The predicted octanol–water partition coefficient (Wildman–Crippen LogP) is 0.324. The molecule has 1 aromatic carbocycles. The summed E-state index contributed by atoms with van der Waals surface area (Å²) in [6.07, 6.45) is 1.21. The SMILES string of the molecule is CC(CC(=O)N(C)C1CCNC1)N=C1NS(=O)(=O)c2ccccc21. The van der Waals surface area contributed by atoms with Gasteiger partial charge in [-0.15, -0.1) is 0 Å². The lowest BCUT2D eigenvalue weighted by Gasteiger charge is -2.24. The molecular formula is C16H22N4O3S. The first-order valence-electron chi connectivity index (χ1n) is 8.05. The van der Waals surface area contributed by atoms with Crippen LogP contribution in [0, 0.1) is 0 Å². The van der Waals surface area contributed by atoms with Crippen molar-refractivity contribution in [1.29, 1.82) is 0 Å². The highest BCUT2D eigenvalue weighted by Crippen LogP contribution is 2.23. The Morgan fingerprint density at radius 2 is 2.17 bits per heavy atom. The van der Waals surface area contributed by atoms with Crippen molar-refractivity contribution in [3.63, 3.8) is 0 Å². The van der Waals surface area contributed by atoms with Gasteiger partial charge in [0.25, 0.3) is 10.0 Å². The number of benzene rings is 1. The Kier molecular flexibility index (Phi) is 4.60. The summed E-state index contributed by atoms with van der Waals surface area (Å²) in [5, 5.41) is 3.24. The van der Waals surface area contributed by atoms with Gasteiger partial charge in [-0.05, 0) is 32.0 Å². The first-order chi connectivity index (χ1) is 11.4. The number of nitrogens with one attached hydrogen (secondary N) is 2. The summed E-state index contributed by atoms with van der Waals surface area (Å²) in [5.41, 5.74) is 0.560. The standard InChI is InChI=1S/C16H22N4O3S/c1-11(9-15(21)20(2)12-7-8-17-10-12)18-16-13-5-3-4-6-14(13)24(22,23)19-16/h3-6,11-12,17H,7-10H2,1-2H3,(H,18,19). The smallest absolute Gasteiger partial charge is 0.263 e.